The molecule has 1 atom stereocenters. The molecule has 0 aromatic heterocycles. The molecule has 0 aromatic rings. The molecule has 0 aliphatic carbocycles. The molecule has 0 radical (unpaired) electrons. The molecule has 0 aromatic carbocycles. The Morgan fingerprint density at radius 2 is 1.25 bits per heavy atom. The Bertz CT molecular complexity index is 378. The van der Waals surface area contributed by atoms with Gasteiger partial charge in [-0.1, -0.05) is 96.8 Å². The van der Waals surface area contributed by atoms with Gasteiger partial charge in [-0.2, -0.15) is 0 Å². The summed E-state index contributed by atoms with van der Waals surface area (Å²) < 4.78 is 15.0. The van der Waals surface area contributed by atoms with Crippen molar-refractivity contribution in [2.24, 2.45) is 0 Å². The van der Waals surface area contributed by atoms with Crippen LogP contribution in [-0.2, 0) is 9.09 Å². The fraction of sp³-hybridized carbons (Fsp3) is 1.00. The number of aliphatic hydroxyl groups is 1. The zero-order valence-corrected chi connectivity index (χ0v) is 19.3. The topological polar surface area (TPSA) is 90.2 Å². The van der Waals surface area contributed by atoms with E-state index in [1.807, 2.05) is 11.9 Å². The molecular weight excluding hydrogens is 377 g/mol. The minimum Gasteiger partial charge on any atom is -0.392 e. The lowest BCUT2D eigenvalue weighted by molar-refractivity contribution is 0.102. The van der Waals surface area contributed by atoms with Crippen molar-refractivity contribution in [1.82, 2.24) is 4.90 Å². The van der Waals surface area contributed by atoms with E-state index in [0.717, 1.165) is 12.8 Å². The summed E-state index contributed by atoms with van der Waals surface area (Å²) in [6.07, 6.45) is 19.0. The molecule has 0 saturated carbocycles. The van der Waals surface area contributed by atoms with Crippen LogP contribution >= 0.6 is 7.82 Å². The summed E-state index contributed by atoms with van der Waals surface area (Å²) in [6, 6.07) is 0. The van der Waals surface area contributed by atoms with Crippen molar-refractivity contribution in [1.29, 1.82) is 0 Å². The van der Waals surface area contributed by atoms with E-state index in [0.29, 0.717) is 13.1 Å². The Hall–Kier alpha value is 0.0300. The predicted octanol–water partition coefficient (Wildman–Crippen LogP) is 5.26. The third-order valence-electron chi connectivity index (χ3n) is 5.15. The van der Waals surface area contributed by atoms with Crippen LogP contribution < -0.4 is 0 Å². The van der Waals surface area contributed by atoms with Gasteiger partial charge in [0.2, 0.25) is 0 Å². The quantitative estimate of drug-likeness (QED) is 0.172. The number of rotatable bonds is 21. The first-order valence-corrected chi connectivity index (χ1v) is 12.9. The summed E-state index contributed by atoms with van der Waals surface area (Å²) in [7, 11) is -2.57. The smallest absolute Gasteiger partial charge is 0.392 e. The summed E-state index contributed by atoms with van der Waals surface area (Å²) >= 11 is 0. The molecule has 0 bridgehead atoms. The van der Waals surface area contributed by atoms with Gasteiger partial charge in [0.15, 0.2) is 0 Å². The number of nitrogens with zero attached hydrogens (tertiary/aromatic N) is 1. The second-order valence-corrected chi connectivity index (χ2v) is 9.36. The summed E-state index contributed by atoms with van der Waals surface area (Å²) in [6.45, 7) is 3.12. The number of aliphatic hydroxyl groups excluding tert-OH is 1. The molecule has 0 spiro atoms. The highest BCUT2D eigenvalue weighted by Gasteiger charge is 2.14. The van der Waals surface area contributed by atoms with Crippen LogP contribution in [0.1, 0.15) is 103 Å². The zero-order chi connectivity index (χ0) is 21.1. The molecule has 6 nitrogen and oxygen atoms in total. The number of phosphoric acid groups is 1. The average Bonchev–Trinajstić information content (AvgIpc) is 2.60. The van der Waals surface area contributed by atoms with Gasteiger partial charge in [0.05, 0.1) is 12.7 Å². The van der Waals surface area contributed by atoms with Gasteiger partial charge in [0.25, 0.3) is 0 Å². The molecule has 0 heterocycles. The van der Waals surface area contributed by atoms with Gasteiger partial charge in [0, 0.05) is 13.1 Å². The van der Waals surface area contributed by atoms with Crippen LogP contribution in [0.25, 0.3) is 0 Å². The third-order valence-corrected chi connectivity index (χ3v) is 5.66. The van der Waals surface area contributed by atoms with E-state index in [9.17, 15) is 9.67 Å². The van der Waals surface area contributed by atoms with E-state index in [1.165, 1.54) is 83.5 Å². The molecule has 170 valence electrons. The molecule has 28 heavy (non-hydrogen) atoms. The standard InChI is InChI=1S/C21H46NO5P/c1-3-4-5-6-7-8-9-10-11-12-13-14-15-16-17-21(23)20-22(2)18-19-27-28(24,25)26/h21,23H,3-20H2,1-2H3,(H2,24,25,26). The van der Waals surface area contributed by atoms with Crippen molar-refractivity contribution in [3.8, 4) is 0 Å². The fourth-order valence-corrected chi connectivity index (χ4v) is 3.75. The van der Waals surface area contributed by atoms with Crippen LogP contribution in [0.5, 0.6) is 0 Å². The van der Waals surface area contributed by atoms with Crippen LogP contribution in [0.3, 0.4) is 0 Å². The normalized spacial score (nSPS) is 13.4. The van der Waals surface area contributed by atoms with Gasteiger partial charge in [-0.25, -0.2) is 4.57 Å². The molecule has 7 heteroatoms. The molecule has 0 aliphatic rings. The van der Waals surface area contributed by atoms with Gasteiger partial charge in [-0.15, -0.1) is 0 Å². The lowest BCUT2D eigenvalue weighted by atomic mass is 10.0. The lowest BCUT2D eigenvalue weighted by Crippen LogP contribution is -2.31. The molecule has 0 amide bonds. The van der Waals surface area contributed by atoms with Gasteiger partial charge >= 0.3 is 7.82 Å². The first-order valence-electron chi connectivity index (χ1n) is 11.4. The van der Waals surface area contributed by atoms with Crippen molar-refractivity contribution in [2.45, 2.75) is 109 Å². The minimum atomic E-state index is -4.39. The minimum absolute atomic E-state index is 0.0354. The van der Waals surface area contributed by atoms with Crippen molar-refractivity contribution >= 4 is 7.82 Å². The summed E-state index contributed by atoms with van der Waals surface area (Å²) in [5.74, 6) is 0. The Kier molecular flexibility index (Phi) is 19.0. The summed E-state index contributed by atoms with van der Waals surface area (Å²) in [4.78, 5) is 19.1. The number of hydrogen-bond acceptors (Lipinski definition) is 4. The van der Waals surface area contributed by atoms with Gasteiger partial charge < -0.3 is 19.8 Å². The van der Waals surface area contributed by atoms with Gasteiger partial charge in [-0.05, 0) is 13.5 Å². The maximum absolute atomic E-state index is 10.6. The van der Waals surface area contributed by atoms with Gasteiger partial charge in [-0.3, -0.25) is 4.52 Å². The Balaban J connectivity index is 3.31. The van der Waals surface area contributed by atoms with E-state index in [1.54, 1.807) is 0 Å². The molecular formula is C21H46NO5P. The van der Waals surface area contributed by atoms with Crippen LogP contribution in [-0.4, -0.2) is 52.6 Å². The van der Waals surface area contributed by atoms with Crippen molar-refractivity contribution in [3.05, 3.63) is 0 Å². The molecule has 3 N–H and O–H groups in total. The Morgan fingerprint density at radius 3 is 1.68 bits per heavy atom. The number of phosphoric ester groups is 1. The number of unbranched alkanes of at least 4 members (excludes halogenated alkanes) is 13. The van der Waals surface area contributed by atoms with Crippen LogP contribution in [0, 0.1) is 0 Å². The summed E-state index contributed by atoms with van der Waals surface area (Å²) in [5.41, 5.74) is 0. The number of likely N-dealkylation sites (N-methyl/N-ethyl adjacent to an activating group) is 1. The monoisotopic (exact) mass is 423 g/mol. The van der Waals surface area contributed by atoms with Crippen molar-refractivity contribution in [2.75, 3.05) is 26.7 Å². The highest BCUT2D eigenvalue weighted by atomic mass is 31.2. The highest BCUT2D eigenvalue weighted by molar-refractivity contribution is 7.46. The average molecular weight is 424 g/mol. The molecule has 0 fully saturated rings. The van der Waals surface area contributed by atoms with Crippen LogP contribution in [0.15, 0.2) is 0 Å². The van der Waals surface area contributed by atoms with E-state index in [-0.39, 0.29) is 6.61 Å². The van der Waals surface area contributed by atoms with Gasteiger partial charge in [0.1, 0.15) is 0 Å². The first-order chi connectivity index (χ1) is 13.3. The van der Waals surface area contributed by atoms with E-state index < -0.39 is 13.9 Å². The van der Waals surface area contributed by atoms with Crippen molar-refractivity contribution in [3.63, 3.8) is 0 Å². The van der Waals surface area contributed by atoms with Crippen LogP contribution in [0.2, 0.25) is 0 Å². The second-order valence-electron chi connectivity index (χ2n) is 8.12. The molecule has 0 aliphatic heterocycles. The fourth-order valence-electron chi connectivity index (χ4n) is 3.43. The third kappa shape index (κ3) is 22.3. The SMILES string of the molecule is CCCCCCCCCCCCCCCCC(O)CN(C)CCOP(=O)(O)O. The van der Waals surface area contributed by atoms with E-state index >= 15 is 0 Å². The zero-order valence-electron chi connectivity index (χ0n) is 18.4. The molecule has 0 rings (SSSR count). The van der Waals surface area contributed by atoms with E-state index in [4.69, 9.17) is 9.79 Å². The van der Waals surface area contributed by atoms with E-state index in [2.05, 4.69) is 11.4 Å². The molecule has 0 saturated heterocycles. The highest BCUT2D eigenvalue weighted by Crippen LogP contribution is 2.35. The summed E-state index contributed by atoms with van der Waals surface area (Å²) in [5, 5.41) is 10.0. The number of hydrogen-bond donors (Lipinski definition) is 3. The maximum Gasteiger partial charge on any atom is 0.469 e. The molecule has 1 unspecified atom stereocenters. The first kappa shape index (κ1) is 28.0. The van der Waals surface area contributed by atoms with Crippen molar-refractivity contribution < 1.29 is 24.0 Å². The largest absolute Gasteiger partial charge is 0.469 e. The lowest BCUT2D eigenvalue weighted by Gasteiger charge is -2.20. The van der Waals surface area contributed by atoms with Crippen LogP contribution in [0.4, 0.5) is 0 Å². The Labute approximate surface area is 173 Å². The Morgan fingerprint density at radius 1 is 0.821 bits per heavy atom. The predicted molar refractivity (Wildman–Crippen MR) is 116 cm³/mol. The second kappa shape index (κ2) is 19.0. The maximum atomic E-state index is 10.6.